The van der Waals surface area contributed by atoms with Crippen LogP contribution in [0.4, 0.5) is 0 Å². The second-order valence-electron chi connectivity index (χ2n) is 7.17. The first-order chi connectivity index (χ1) is 13.0. The van der Waals surface area contributed by atoms with Crippen LogP contribution >= 0.6 is 12.4 Å². The molecule has 1 saturated heterocycles. The van der Waals surface area contributed by atoms with Gasteiger partial charge in [-0.15, -0.1) is 12.4 Å². The van der Waals surface area contributed by atoms with Gasteiger partial charge in [0.15, 0.2) is 0 Å². The fourth-order valence-corrected chi connectivity index (χ4v) is 3.81. The minimum absolute atomic E-state index is 0. The second-order valence-corrected chi connectivity index (χ2v) is 7.17. The average molecular weight is 409 g/mol. The van der Waals surface area contributed by atoms with Crippen LogP contribution < -0.4 is 0 Å². The third-order valence-corrected chi connectivity index (χ3v) is 5.49. The number of benzene rings is 1. The van der Waals surface area contributed by atoms with Crippen molar-refractivity contribution in [2.24, 2.45) is 0 Å². The van der Waals surface area contributed by atoms with Crippen LogP contribution in [0.15, 0.2) is 28.8 Å². The Balaban J connectivity index is 0.00000280. The molecule has 7 nitrogen and oxygen atoms in total. The molecular weight excluding hydrogens is 380 g/mol. The molecule has 1 aromatic carbocycles. The maximum atomic E-state index is 11.0. The Labute approximate surface area is 172 Å². The molecule has 1 N–H and O–H groups in total. The lowest BCUT2D eigenvalue weighted by atomic mass is 10.0. The van der Waals surface area contributed by atoms with Crippen molar-refractivity contribution in [3.05, 3.63) is 35.7 Å². The number of hydrogen-bond donors (Lipinski definition) is 1. The standard InChI is InChI=1S/C20H28N4O3.ClH/c1-4-23(13-18(25)26)16-9-11-24(12-10-16)15(3)20-21-19(22-27-20)17-8-6-5-7-14(17)2;/h5-8,15-16H,4,9-13H2,1-3H3,(H,25,26);1H. The Morgan fingerprint density at radius 2 is 2.04 bits per heavy atom. The number of likely N-dealkylation sites (N-methyl/N-ethyl adjacent to an activating group) is 1. The molecule has 0 spiro atoms. The van der Waals surface area contributed by atoms with E-state index in [9.17, 15) is 4.79 Å². The Morgan fingerprint density at radius 1 is 1.36 bits per heavy atom. The topological polar surface area (TPSA) is 82.7 Å². The zero-order chi connectivity index (χ0) is 19.4. The van der Waals surface area contributed by atoms with Gasteiger partial charge in [-0.1, -0.05) is 36.3 Å². The van der Waals surface area contributed by atoms with E-state index < -0.39 is 5.97 Å². The zero-order valence-electron chi connectivity index (χ0n) is 16.7. The average Bonchev–Trinajstić information content (AvgIpc) is 3.16. The van der Waals surface area contributed by atoms with Crippen molar-refractivity contribution in [1.29, 1.82) is 0 Å². The van der Waals surface area contributed by atoms with Crippen molar-refractivity contribution in [3.8, 4) is 11.4 Å². The van der Waals surface area contributed by atoms with Crippen LogP contribution in [-0.4, -0.2) is 63.2 Å². The molecule has 1 fully saturated rings. The summed E-state index contributed by atoms with van der Waals surface area (Å²) in [5.41, 5.74) is 2.11. The van der Waals surface area contributed by atoms with E-state index in [0.29, 0.717) is 17.8 Å². The number of hydrogen-bond acceptors (Lipinski definition) is 6. The maximum absolute atomic E-state index is 11.0. The van der Waals surface area contributed by atoms with Gasteiger partial charge in [-0.3, -0.25) is 14.6 Å². The molecule has 0 saturated carbocycles. The third-order valence-electron chi connectivity index (χ3n) is 5.49. The molecule has 1 aromatic heterocycles. The number of likely N-dealkylation sites (tertiary alicyclic amines) is 1. The molecular formula is C20H29ClN4O3. The fourth-order valence-electron chi connectivity index (χ4n) is 3.81. The number of aromatic nitrogens is 2. The summed E-state index contributed by atoms with van der Waals surface area (Å²) in [6.45, 7) is 8.80. The Hall–Kier alpha value is -1.96. The van der Waals surface area contributed by atoms with Gasteiger partial charge in [0.2, 0.25) is 11.7 Å². The normalized spacial score (nSPS) is 16.7. The van der Waals surface area contributed by atoms with Crippen LogP contribution in [0.5, 0.6) is 0 Å². The van der Waals surface area contributed by atoms with E-state index in [1.807, 2.05) is 43.0 Å². The van der Waals surface area contributed by atoms with Crippen molar-refractivity contribution in [2.45, 2.75) is 45.7 Å². The molecule has 28 heavy (non-hydrogen) atoms. The first kappa shape index (κ1) is 22.3. The van der Waals surface area contributed by atoms with Gasteiger partial charge < -0.3 is 9.63 Å². The van der Waals surface area contributed by atoms with E-state index in [2.05, 4.69) is 22.0 Å². The van der Waals surface area contributed by atoms with Gasteiger partial charge in [0.25, 0.3) is 0 Å². The van der Waals surface area contributed by atoms with E-state index in [0.717, 1.165) is 43.6 Å². The smallest absolute Gasteiger partial charge is 0.317 e. The molecule has 2 heterocycles. The lowest BCUT2D eigenvalue weighted by Gasteiger charge is -2.39. The molecule has 1 aliphatic rings. The first-order valence-corrected chi connectivity index (χ1v) is 9.59. The number of aryl methyl sites for hydroxylation is 1. The summed E-state index contributed by atoms with van der Waals surface area (Å²) in [7, 11) is 0. The number of nitrogens with zero attached hydrogens (tertiary/aromatic N) is 4. The summed E-state index contributed by atoms with van der Waals surface area (Å²) < 4.78 is 5.55. The number of carbonyl (C=O) groups is 1. The third kappa shape index (κ3) is 5.10. The predicted molar refractivity (Wildman–Crippen MR) is 110 cm³/mol. The molecule has 2 aromatic rings. The molecule has 3 rings (SSSR count). The monoisotopic (exact) mass is 408 g/mol. The molecule has 0 amide bonds. The van der Waals surface area contributed by atoms with Crippen LogP contribution in [0.2, 0.25) is 0 Å². The van der Waals surface area contributed by atoms with Crippen LogP contribution in [0.25, 0.3) is 11.4 Å². The number of aliphatic carboxylic acids is 1. The zero-order valence-corrected chi connectivity index (χ0v) is 17.5. The quantitative estimate of drug-likeness (QED) is 0.751. The summed E-state index contributed by atoms with van der Waals surface area (Å²) in [6, 6.07) is 8.38. The minimum Gasteiger partial charge on any atom is -0.480 e. The highest BCUT2D eigenvalue weighted by Crippen LogP contribution is 2.27. The number of piperidine rings is 1. The molecule has 154 valence electrons. The molecule has 0 bridgehead atoms. The maximum Gasteiger partial charge on any atom is 0.317 e. The van der Waals surface area contributed by atoms with Crippen LogP contribution in [0, 0.1) is 6.92 Å². The summed E-state index contributed by atoms with van der Waals surface area (Å²) >= 11 is 0. The summed E-state index contributed by atoms with van der Waals surface area (Å²) in [5.74, 6) is 0.496. The van der Waals surface area contributed by atoms with E-state index in [4.69, 9.17) is 9.63 Å². The number of rotatable bonds is 7. The number of carboxylic acids is 1. The van der Waals surface area contributed by atoms with E-state index in [-0.39, 0.29) is 25.0 Å². The second kappa shape index (κ2) is 10.0. The molecule has 0 aliphatic carbocycles. The molecule has 1 atom stereocenters. The highest BCUT2D eigenvalue weighted by atomic mass is 35.5. The fraction of sp³-hybridized carbons (Fsp3) is 0.550. The van der Waals surface area contributed by atoms with E-state index in [1.165, 1.54) is 0 Å². The lowest BCUT2D eigenvalue weighted by molar-refractivity contribution is -0.139. The van der Waals surface area contributed by atoms with Gasteiger partial charge >= 0.3 is 5.97 Å². The number of carboxylic acid groups (broad SMARTS) is 1. The van der Waals surface area contributed by atoms with Crippen molar-refractivity contribution in [1.82, 2.24) is 19.9 Å². The van der Waals surface area contributed by atoms with Gasteiger partial charge in [-0.25, -0.2) is 0 Å². The number of halogens is 1. The van der Waals surface area contributed by atoms with Gasteiger partial charge in [0.1, 0.15) is 0 Å². The predicted octanol–water partition coefficient (Wildman–Crippen LogP) is 3.40. The van der Waals surface area contributed by atoms with Gasteiger partial charge in [0.05, 0.1) is 12.6 Å². The van der Waals surface area contributed by atoms with Gasteiger partial charge in [-0.05, 0) is 38.8 Å². The van der Waals surface area contributed by atoms with Gasteiger partial charge in [0, 0.05) is 24.7 Å². The Kier molecular flexibility index (Phi) is 7.98. The van der Waals surface area contributed by atoms with Crippen molar-refractivity contribution in [3.63, 3.8) is 0 Å². The van der Waals surface area contributed by atoms with Crippen molar-refractivity contribution >= 4 is 18.4 Å². The molecule has 0 radical (unpaired) electrons. The SMILES string of the molecule is CCN(CC(=O)O)C1CCN(C(C)c2nc(-c3ccccc3C)no2)CC1.Cl. The van der Waals surface area contributed by atoms with E-state index >= 15 is 0 Å². The molecule has 1 unspecified atom stereocenters. The molecule has 1 aliphatic heterocycles. The van der Waals surface area contributed by atoms with Crippen molar-refractivity contribution in [2.75, 3.05) is 26.2 Å². The summed E-state index contributed by atoms with van der Waals surface area (Å²) in [4.78, 5) is 20.0. The molecule has 8 heteroatoms. The summed E-state index contributed by atoms with van der Waals surface area (Å²) in [5, 5.41) is 13.2. The Bertz CT molecular complexity index is 774. The van der Waals surface area contributed by atoms with Crippen molar-refractivity contribution < 1.29 is 14.4 Å². The highest BCUT2D eigenvalue weighted by Gasteiger charge is 2.29. The van der Waals surface area contributed by atoms with Crippen LogP contribution in [0.1, 0.15) is 44.2 Å². The lowest BCUT2D eigenvalue weighted by Crippen LogP contribution is -2.47. The summed E-state index contributed by atoms with van der Waals surface area (Å²) in [6.07, 6.45) is 1.90. The van der Waals surface area contributed by atoms with E-state index in [1.54, 1.807) is 0 Å². The van der Waals surface area contributed by atoms with Crippen LogP contribution in [-0.2, 0) is 4.79 Å². The first-order valence-electron chi connectivity index (χ1n) is 9.59. The van der Waals surface area contributed by atoms with Gasteiger partial charge in [-0.2, -0.15) is 4.98 Å². The Morgan fingerprint density at radius 3 is 2.64 bits per heavy atom. The highest BCUT2D eigenvalue weighted by molar-refractivity contribution is 5.85. The largest absolute Gasteiger partial charge is 0.480 e. The van der Waals surface area contributed by atoms with Crippen LogP contribution in [0.3, 0.4) is 0 Å². The minimum atomic E-state index is -0.762.